The summed E-state index contributed by atoms with van der Waals surface area (Å²) in [6.45, 7) is 3.64. The van der Waals surface area contributed by atoms with Gasteiger partial charge in [-0.05, 0) is 48.7 Å². The summed E-state index contributed by atoms with van der Waals surface area (Å²) in [5.74, 6) is -1.63. The number of hydrazone groups is 1. The van der Waals surface area contributed by atoms with Crippen LogP contribution in [0.2, 0.25) is 0 Å². The molecule has 0 spiro atoms. The van der Waals surface area contributed by atoms with E-state index in [0.717, 1.165) is 23.2 Å². The number of nitrogens with zero attached hydrogens (tertiary/aromatic N) is 1. The maximum atomic E-state index is 12.3. The van der Waals surface area contributed by atoms with Gasteiger partial charge in [0.05, 0.1) is 6.21 Å². The molecule has 34 heavy (non-hydrogen) atoms. The third kappa shape index (κ3) is 6.77. The lowest BCUT2D eigenvalue weighted by atomic mass is 10.1. The Labute approximate surface area is 198 Å². The molecule has 3 aromatic carbocycles. The molecule has 0 fully saturated rings. The molecule has 0 heterocycles. The second-order valence-corrected chi connectivity index (χ2v) is 7.35. The Hall–Kier alpha value is -4.46. The van der Waals surface area contributed by atoms with E-state index < -0.39 is 11.8 Å². The van der Waals surface area contributed by atoms with Crippen molar-refractivity contribution in [3.05, 3.63) is 89.5 Å². The SMILES string of the molecule is CCc1ccccc1NC(=O)COc1ccccc1/C=N\NC(=O)C(=O)Nc1ccccc1C. The van der Waals surface area contributed by atoms with Crippen LogP contribution in [0.5, 0.6) is 5.75 Å². The first-order valence-corrected chi connectivity index (χ1v) is 10.8. The minimum Gasteiger partial charge on any atom is -0.483 e. The van der Waals surface area contributed by atoms with Crippen LogP contribution in [0.15, 0.2) is 77.9 Å². The molecule has 0 saturated heterocycles. The van der Waals surface area contributed by atoms with Crippen molar-refractivity contribution in [3.63, 3.8) is 0 Å². The van der Waals surface area contributed by atoms with E-state index in [0.29, 0.717) is 17.0 Å². The zero-order chi connectivity index (χ0) is 24.3. The molecule has 3 rings (SSSR count). The molecule has 174 valence electrons. The van der Waals surface area contributed by atoms with E-state index in [1.807, 2.05) is 50.2 Å². The number of carbonyl (C=O) groups is 3. The molecular formula is C26H26N4O4. The van der Waals surface area contributed by atoms with E-state index in [2.05, 4.69) is 21.2 Å². The normalized spacial score (nSPS) is 10.5. The molecule has 3 aromatic rings. The van der Waals surface area contributed by atoms with Gasteiger partial charge >= 0.3 is 11.8 Å². The van der Waals surface area contributed by atoms with E-state index in [1.54, 1.807) is 36.4 Å². The lowest BCUT2D eigenvalue weighted by Crippen LogP contribution is -2.32. The van der Waals surface area contributed by atoms with Crippen molar-refractivity contribution in [1.29, 1.82) is 0 Å². The molecule has 0 radical (unpaired) electrons. The predicted octanol–water partition coefficient (Wildman–Crippen LogP) is 3.66. The van der Waals surface area contributed by atoms with E-state index in [9.17, 15) is 14.4 Å². The second kappa shape index (κ2) is 12.0. The van der Waals surface area contributed by atoms with Crippen molar-refractivity contribution in [2.24, 2.45) is 5.10 Å². The minimum atomic E-state index is -0.910. The first-order valence-electron chi connectivity index (χ1n) is 10.8. The number of amides is 3. The van der Waals surface area contributed by atoms with Gasteiger partial charge in [0.2, 0.25) is 0 Å². The highest BCUT2D eigenvalue weighted by Crippen LogP contribution is 2.18. The van der Waals surface area contributed by atoms with Gasteiger partial charge in [-0.3, -0.25) is 14.4 Å². The smallest absolute Gasteiger partial charge is 0.329 e. The van der Waals surface area contributed by atoms with Crippen molar-refractivity contribution in [2.45, 2.75) is 20.3 Å². The summed E-state index contributed by atoms with van der Waals surface area (Å²) in [4.78, 5) is 36.5. The molecule has 8 heteroatoms. The van der Waals surface area contributed by atoms with E-state index in [-0.39, 0.29) is 12.5 Å². The zero-order valence-electron chi connectivity index (χ0n) is 19.0. The zero-order valence-corrected chi connectivity index (χ0v) is 19.0. The number of para-hydroxylation sites is 3. The molecule has 8 nitrogen and oxygen atoms in total. The van der Waals surface area contributed by atoms with Crippen LogP contribution in [-0.2, 0) is 20.8 Å². The largest absolute Gasteiger partial charge is 0.483 e. The number of nitrogens with one attached hydrogen (secondary N) is 3. The van der Waals surface area contributed by atoms with Crippen LogP contribution >= 0.6 is 0 Å². The molecular weight excluding hydrogens is 432 g/mol. The number of rotatable bonds is 8. The monoisotopic (exact) mass is 458 g/mol. The third-order valence-corrected chi connectivity index (χ3v) is 4.92. The van der Waals surface area contributed by atoms with Gasteiger partial charge < -0.3 is 15.4 Å². The Bertz CT molecular complexity index is 1210. The highest BCUT2D eigenvalue weighted by atomic mass is 16.5. The van der Waals surface area contributed by atoms with Gasteiger partial charge in [0.15, 0.2) is 6.61 Å². The molecule has 0 unspecified atom stereocenters. The van der Waals surface area contributed by atoms with Gasteiger partial charge in [-0.25, -0.2) is 5.43 Å². The van der Waals surface area contributed by atoms with Crippen molar-refractivity contribution in [2.75, 3.05) is 17.2 Å². The number of anilines is 2. The van der Waals surface area contributed by atoms with Gasteiger partial charge in [0.1, 0.15) is 5.75 Å². The Morgan fingerprint density at radius 1 is 0.853 bits per heavy atom. The molecule has 0 aliphatic carbocycles. The first-order chi connectivity index (χ1) is 16.5. The van der Waals surface area contributed by atoms with Crippen LogP contribution in [0.25, 0.3) is 0 Å². The summed E-state index contributed by atoms with van der Waals surface area (Å²) < 4.78 is 5.65. The first kappa shape index (κ1) is 24.2. The molecule has 0 aliphatic heterocycles. The second-order valence-electron chi connectivity index (χ2n) is 7.35. The third-order valence-electron chi connectivity index (χ3n) is 4.92. The Kier molecular flexibility index (Phi) is 8.51. The maximum absolute atomic E-state index is 12.3. The predicted molar refractivity (Wildman–Crippen MR) is 132 cm³/mol. The highest BCUT2D eigenvalue weighted by molar-refractivity contribution is 6.39. The standard InChI is InChI=1S/C26H26N4O4/c1-3-19-11-5-8-14-22(19)28-24(31)17-34-23-15-9-6-12-20(23)16-27-30-26(33)25(32)29-21-13-7-4-10-18(21)2/h4-16H,3,17H2,1-2H3,(H,28,31)(H,29,32)(H,30,33)/b27-16-. The topological polar surface area (TPSA) is 109 Å². The highest BCUT2D eigenvalue weighted by Gasteiger charge is 2.14. The van der Waals surface area contributed by atoms with E-state index >= 15 is 0 Å². The number of ether oxygens (including phenoxy) is 1. The molecule has 0 bridgehead atoms. The van der Waals surface area contributed by atoms with Crippen LogP contribution in [-0.4, -0.2) is 30.5 Å². The summed E-state index contributed by atoms with van der Waals surface area (Å²) in [5, 5.41) is 9.22. The summed E-state index contributed by atoms with van der Waals surface area (Å²) in [6, 6.07) is 21.6. The van der Waals surface area contributed by atoms with Crippen molar-refractivity contribution < 1.29 is 19.1 Å². The molecule has 0 aliphatic rings. The van der Waals surface area contributed by atoms with Gasteiger partial charge in [-0.15, -0.1) is 0 Å². The summed E-state index contributed by atoms with van der Waals surface area (Å²) >= 11 is 0. The van der Waals surface area contributed by atoms with Crippen LogP contribution in [0.3, 0.4) is 0 Å². The van der Waals surface area contributed by atoms with Crippen molar-refractivity contribution in [3.8, 4) is 5.75 Å². The van der Waals surface area contributed by atoms with Gasteiger partial charge in [0, 0.05) is 16.9 Å². The average Bonchev–Trinajstić information content (AvgIpc) is 2.85. The Morgan fingerprint density at radius 3 is 2.29 bits per heavy atom. The lowest BCUT2D eigenvalue weighted by Gasteiger charge is -2.11. The van der Waals surface area contributed by atoms with Crippen LogP contribution in [0.4, 0.5) is 11.4 Å². The molecule has 0 atom stereocenters. The van der Waals surface area contributed by atoms with Gasteiger partial charge in [0.25, 0.3) is 5.91 Å². The summed E-state index contributed by atoms with van der Waals surface area (Å²) in [6.07, 6.45) is 2.14. The van der Waals surface area contributed by atoms with Crippen LogP contribution in [0.1, 0.15) is 23.6 Å². The molecule has 3 N–H and O–H groups in total. The summed E-state index contributed by atoms with van der Waals surface area (Å²) in [5.41, 5.74) is 5.89. The maximum Gasteiger partial charge on any atom is 0.329 e. The quantitative estimate of drug-likeness (QED) is 0.272. The number of carbonyl (C=O) groups excluding carboxylic acids is 3. The van der Waals surface area contributed by atoms with Crippen LogP contribution < -0.4 is 20.8 Å². The van der Waals surface area contributed by atoms with Gasteiger partial charge in [-0.1, -0.05) is 55.5 Å². The number of benzene rings is 3. The van der Waals surface area contributed by atoms with Crippen LogP contribution in [0, 0.1) is 6.92 Å². The fourth-order valence-corrected chi connectivity index (χ4v) is 3.10. The fraction of sp³-hybridized carbons (Fsp3) is 0.154. The van der Waals surface area contributed by atoms with E-state index in [1.165, 1.54) is 6.21 Å². The Morgan fingerprint density at radius 2 is 1.53 bits per heavy atom. The number of hydrogen-bond donors (Lipinski definition) is 3. The fourth-order valence-electron chi connectivity index (χ4n) is 3.10. The van der Waals surface area contributed by atoms with Crippen molar-refractivity contribution >= 4 is 35.3 Å². The van der Waals surface area contributed by atoms with E-state index in [4.69, 9.17) is 4.74 Å². The summed E-state index contributed by atoms with van der Waals surface area (Å²) in [7, 11) is 0. The molecule has 3 amide bonds. The molecule has 0 saturated carbocycles. The molecule has 0 aromatic heterocycles. The number of aryl methyl sites for hydroxylation is 2. The minimum absolute atomic E-state index is 0.200. The number of hydrogen-bond acceptors (Lipinski definition) is 5. The lowest BCUT2D eigenvalue weighted by molar-refractivity contribution is -0.136. The van der Waals surface area contributed by atoms with Crippen molar-refractivity contribution in [1.82, 2.24) is 5.43 Å². The Balaban J connectivity index is 1.55. The van der Waals surface area contributed by atoms with Gasteiger partial charge in [-0.2, -0.15) is 5.10 Å². The average molecular weight is 459 g/mol.